The Morgan fingerprint density at radius 3 is 1.72 bits per heavy atom. The molecular formula is C42H50N16O7. The molecule has 0 aromatic carbocycles. The van der Waals surface area contributed by atoms with Crippen LogP contribution in [0.4, 0.5) is 11.6 Å². The van der Waals surface area contributed by atoms with Crippen LogP contribution in [0.2, 0.25) is 0 Å². The molecule has 2 atom stereocenters. The Balaban J connectivity index is 0.000000175. The highest BCUT2D eigenvalue weighted by molar-refractivity contribution is 6.05. The van der Waals surface area contributed by atoms with Crippen molar-refractivity contribution in [1.29, 1.82) is 0 Å². The topological polar surface area (TPSA) is 301 Å². The van der Waals surface area contributed by atoms with Gasteiger partial charge < -0.3 is 35.8 Å². The lowest BCUT2D eigenvalue weighted by Crippen LogP contribution is -2.30. The Morgan fingerprint density at radius 1 is 0.738 bits per heavy atom. The van der Waals surface area contributed by atoms with Crippen LogP contribution in [0.15, 0.2) is 60.9 Å². The molecule has 0 spiro atoms. The highest BCUT2D eigenvalue weighted by Crippen LogP contribution is 2.27. The number of anilines is 2. The van der Waals surface area contributed by atoms with Crippen molar-refractivity contribution in [2.24, 2.45) is 0 Å². The third kappa shape index (κ3) is 10.6. The Labute approximate surface area is 373 Å². The lowest BCUT2D eigenvalue weighted by Gasteiger charge is -2.19. The number of carbonyl (C=O) groups excluding carboxylic acids is 4. The fourth-order valence-electron chi connectivity index (χ4n) is 6.57. The smallest absolute Gasteiger partial charge is 0.356 e. The zero-order chi connectivity index (χ0) is 46.9. The minimum absolute atomic E-state index is 0.0413. The molecule has 65 heavy (non-hydrogen) atoms. The first-order valence-corrected chi connectivity index (χ1v) is 20.7. The molecule has 2 aliphatic rings. The number of hydrogen-bond donors (Lipinski definition) is 4. The summed E-state index contributed by atoms with van der Waals surface area (Å²) in [6, 6.07) is 13.0. The van der Waals surface area contributed by atoms with Crippen molar-refractivity contribution in [3.05, 3.63) is 94.6 Å². The van der Waals surface area contributed by atoms with E-state index in [0.717, 1.165) is 11.1 Å². The maximum Gasteiger partial charge on any atom is 0.356 e. The molecule has 6 aromatic heterocycles. The number of nitrogen functional groups attached to an aromatic ring is 1. The molecule has 8 heterocycles. The van der Waals surface area contributed by atoms with E-state index in [9.17, 15) is 24.3 Å². The predicted molar refractivity (Wildman–Crippen MR) is 233 cm³/mol. The van der Waals surface area contributed by atoms with E-state index >= 15 is 0 Å². The zero-order valence-electron chi connectivity index (χ0n) is 36.9. The number of aliphatic hydroxyl groups excluding tert-OH is 2. The SMILES string of the molecule is CC(C)N1Cc2cnc(C(=O)Nc3cccc(-c4nnnn4[C@H](C)CO)n3)cc2C1=O.CCOC(=O)c1cc2c(cn1)CN(C(C)C)C2=O.C[C@H](CO)n1nnnc1-c1cccc(N)n1. The predicted octanol–water partition coefficient (Wildman–Crippen LogP) is 2.79. The minimum atomic E-state index is -0.490. The van der Waals surface area contributed by atoms with Gasteiger partial charge in [0.15, 0.2) is 0 Å². The van der Waals surface area contributed by atoms with Gasteiger partial charge in [-0.25, -0.2) is 29.1 Å². The first-order chi connectivity index (χ1) is 31.1. The van der Waals surface area contributed by atoms with Crippen LogP contribution in [-0.4, -0.2) is 136 Å². The second-order valence-electron chi connectivity index (χ2n) is 15.5. The Morgan fingerprint density at radius 2 is 1.23 bits per heavy atom. The van der Waals surface area contributed by atoms with Gasteiger partial charge >= 0.3 is 5.97 Å². The van der Waals surface area contributed by atoms with Gasteiger partial charge in [-0.05, 0) is 106 Å². The summed E-state index contributed by atoms with van der Waals surface area (Å²) in [7, 11) is 0. The van der Waals surface area contributed by atoms with Gasteiger partial charge in [0.05, 0.1) is 31.9 Å². The molecule has 0 saturated carbocycles. The number of aliphatic hydroxyl groups is 2. The molecule has 23 heteroatoms. The van der Waals surface area contributed by atoms with Gasteiger partial charge in [-0.2, -0.15) is 0 Å². The molecule has 23 nitrogen and oxygen atoms in total. The maximum absolute atomic E-state index is 12.7. The van der Waals surface area contributed by atoms with E-state index in [0.29, 0.717) is 59.7 Å². The fourth-order valence-corrected chi connectivity index (χ4v) is 6.57. The van der Waals surface area contributed by atoms with E-state index in [1.807, 2.05) is 34.6 Å². The number of amides is 3. The number of aromatic nitrogens is 12. The number of pyridine rings is 4. The number of fused-ring (bicyclic) bond motifs is 2. The van der Waals surface area contributed by atoms with E-state index in [4.69, 9.17) is 15.6 Å². The minimum Gasteiger partial charge on any atom is -0.461 e. The second-order valence-corrected chi connectivity index (χ2v) is 15.5. The second kappa shape index (κ2) is 20.7. The van der Waals surface area contributed by atoms with E-state index in [-0.39, 0.29) is 66.4 Å². The van der Waals surface area contributed by atoms with Crippen molar-refractivity contribution in [3.8, 4) is 23.0 Å². The third-order valence-electron chi connectivity index (χ3n) is 10.2. The number of ether oxygens (including phenoxy) is 1. The zero-order valence-corrected chi connectivity index (χ0v) is 36.9. The molecule has 340 valence electrons. The van der Waals surface area contributed by atoms with E-state index in [1.54, 1.807) is 72.4 Å². The van der Waals surface area contributed by atoms with Gasteiger partial charge in [-0.15, -0.1) is 10.2 Å². The number of nitrogens with one attached hydrogen (secondary N) is 1. The number of esters is 1. The molecule has 5 N–H and O–H groups in total. The summed E-state index contributed by atoms with van der Waals surface area (Å²) < 4.78 is 7.85. The number of nitrogens with two attached hydrogens (primary N) is 1. The van der Waals surface area contributed by atoms with Gasteiger partial charge in [0, 0.05) is 59.8 Å². The summed E-state index contributed by atoms with van der Waals surface area (Å²) in [6.45, 7) is 14.3. The van der Waals surface area contributed by atoms with Crippen LogP contribution in [0.3, 0.4) is 0 Å². The molecule has 3 amide bonds. The Hall–Kier alpha value is -7.66. The molecule has 6 aromatic rings. The molecule has 0 aliphatic carbocycles. The average Bonchev–Trinajstić information content (AvgIpc) is 4.12. The summed E-state index contributed by atoms with van der Waals surface area (Å²) in [4.78, 5) is 69.3. The quantitative estimate of drug-likeness (QED) is 0.128. The fraction of sp³-hybridized carbons (Fsp3) is 0.381. The average molecular weight is 891 g/mol. The van der Waals surface area contributed by atoms with Crippen molar-refractivity contribution in [1.82, 2.24) is 70.2 Å². The molecule has 0 fully saturated rings. The van der Waals surface area contributed by atoms with Crippen LogP contribution in [0.5, 0.6) is 0 Å². The van der Waals surface area contributed by atoms with E-state index in [1.165, 1.54) is 21.5 Å². The van der Waals surface area contributed by atoms with Crippen molar-refractivity contribution < 1.29 is 34.1 Å². The van der Waals surface area contributed by atoms with Gasteiger partial charge in [0.1, 0.15) is 34.4 Å². The summed E-state index contributed by atoms with van der Waals surface area (Å²) in [6.07, 6.45) is 3.15. The van der Waals surface area contributed by atoms with Crippen LogP contribution >= 0.6 is 0 Å². The molecule has 0 unspecified atom stereocenters. The van der Waals surface area contributed by atoms with Gasteiger partial charge in [-0.3, -0.25) is 19.4 Å². The number of hydrogen-bond acceptors (Lipinski definition) is 18. The molecular weight excluding hydrogens is 841 g/mol. The monoisotopic (exact) mass is 890 g/mol. The molecule has 0 bridgehead atoms. The van der Waals surface area contributed by atoms with Crippen LogP contribution < -0.4 is 11.1 Å². The number of rotatable bonds is 12. The van der Waals surface area contributed by atoms with Crippen LogP contribution in [-0.2, 0) is 17.8 Å². The Kier molecular flexibility index (Phi) is 14.9. The van der Waals surface area contributed by atoms with Crippen molar-refractivity contribution in [2.75, 3.05) is 30.9 Å². The van der Waals surface area contributed by atoms with Crippen LogP contribution in [0, 0.1) is 0 Å². The van der Waals surface area contributed by atoms with Crippen molar-refractivity contribution in [3.63, 3.8) is 0 Å². The lowest BCUT2D eigenvalue weighted by molar-refractivity contribution is 0.0519. The molecule has 0 radical (unpaired) electrons. The van der Waals surface area contributed by atoms with Crippen molar-refractivity contribution in [2.45, 2.75) is 85.7 Å². The van der Waals surface area contributed by atoms with Gasteiger partial charge in [-0.1, -0.05) is 12.1 Å². The summed E-state index contributed by atoms with van der Waals surface area (Å²) in [5, 5.41) is 43.9. The molecule has 0 saturated heterocycles. The maximum atomic E-state index is 12.7. The normalized spacial score (nSPS) is 13.7. The highest BCUT2D eigenvalue weighted by atomic mass is 16.5. The summed E-state index contributed by atoms with van der Waals surface area (Å²) in [5.41, 5.74) is 9.65. The van der Waals surface area contributed by atoms with Gasteiger partial charge in [0.25, 0.3) is 17.7 Å². The molecule has 2 aliphatic heterocycles. The number of tetrazole rings is 2. The molecule has 8 rings (SSSR count). The number of carbonyl (C=O) groups is 4. The largest absolute Gasteiger partial charge is 0.461 e. The highest BCUT2D eigenvalue weighted by Gasteiger charge is 2.32. The van der Waals surface area contributed by atoms with Crippen molar-refractivity contribution >= 4 is 35.3 Å². The number of nitrogens with zero attached hydrogens (tertiary/aromatic N) is 14. The van der Waals surface area contributed by atoms with Gasteiger partial charge in [0.2, 0.25) is 11.6 Å². The van der Waals surface area contributed by atoms with Crippen LogP contribution in [0.1, 0.15) is 113 Å². The van der Waals surface area contributed by atoms with Crippen LogP contribution in [0.25, 0.3) is 23.0 Å². The first kappa shape index (κ1) is 46.8. The summed E-state index contributed by atoms with van der Waals surface area (Å²) in [5.74, 6) is 0.429. The Bertz CT molecular complexity index is 2670. The first-order valence-electron chi connectivity index (χ1n) is 20.7. The summed E-state index contributed by atoms with van der Waals surface area (Å²) >= 11 is 0. The van der Waals surface area contributed by atoms with E-state index in [2.05, 4.69) is 56.3 Å². The van der Waals surface area contributed by atoms with E-state index < -0.39 is 11.9 Å². The lowest BCUT2D eigenvalue weighted by atomic mass is 10.1. The third-order valence-corrected chi connectivity index (χ3v) is 10.2. The standard InChI is InChI=1S/C20H22N8O3.C13H16N2O3.C9H12N6O/c1-11(2)27-9-13-8-21-16(7-14(13)20(27)31)19(30)23-17-6-4-5-15(22-17)18-24-25-26-28(18)12(3)10-29;1-4-18-13(17)11-5-10-9(6-14-11)7-15(8(2)3)12(10)16;1-6(5-16)15-9(12-13-14-15)7-3-2-4-8(10)11-7/h4-8,11-12,29H,9-10H2,1-3H3,(H,22,23,30);5-6,8H,4,7H2,1-3H3;2-4,6,16H,5H2,1H3,(H2,10,11)/t12-;;6-/m1.1/s1.